The Bertz CT molecular complexity index is 328. The predicted octanol–water partition coefficient (Wildman–Crippen LogP) is 7.94. The Morgan fingerprint density at radius 3 is 1.69 bits per heavy atom. The largest absolute Gasteiger partial charge is 0.466 e. The number of esters is 1. The van der Waals surface area contributed by atoms with E-state index in [1.165, 1.54) is 64.2 Å². The van der Waals surface area contributed by atoms with E-state index in [0.717, 1.165) is 18.8 Å². The Kier molecular flexibility index (Phi) is 15.2. The standard InChI is InChI=1S/C24H48O2/c1-21(2)17-15-13-11-9-7-8-10-12-14-16-18-26-23(25)19-22(3)20-24(4,5)6/h21-22H,7-20H2,1-6H3. The average molecular weight is 369 g/mol. The highest BCUT2D eigenvalue weighted by atomic mass is 16.5. The Morgan fingerprint density at radius 2 is 1.23 bits per heavy atom. The third-order valence-corrected chi connectivity index (χ3v) is 4.91. The maximum absolute atomic E-state index is 11.8. The van der Waals surface area contributed by atoms with Crippen LogP contribution in [-0.4, -0.2) is 12.6 Å². The lowest BCUT2D eigenvalue weighted by molar-refractivity contribution is -0.144. The van der Waals surface area contributed by atoms with Crippen LogP contribution in [0.25, 0.3) is 0 Å². The molecule has 0 N–H and O–H groups in total. The second-order valence-corrected chi connectivity index (χ2v) is 10.0. The zero-order chi connectivity index (χ0) is 19.8. The molecule has 0 saturated carbocycles. The van der Waals surface area contributed by atoms with E-state index >= 15 is 0 Å². The van der Waals surface area contributed by atoms with Crippen LogP contribution in [0.1, 0.15) is 125 Å². The van der Waals surface area contributed by atoms with Crippen LogP contribution in [0, 0.1) is 17.3 Å². The third-order valence-electron chi connectivity index (χ3n) is 4.91. The zero-order valence-electron chi connectivity index (χ0n) is 18.9. The summed E-state index contributed by atoms with van der Waals surface area (Å²) in [5.74, 6) is 1.26. The lowest BCUT2D eigenvalue weighted by Gasteiger charge is -2.22. The van der Waals surface area contributed by atoms with Gasteiger partial charge in [0.25, 0.3) is 0 Å². The van der Waals surface area contributed by atoms with Crippen molar-refractivity contribution in [1.82, 2.24) is 0 Å². The molecule has 26 heavy (non-hydrogen) atoms. The van der Waals surface area contributed by atoms with Gasteiger partial charge in [-0.15, -0.1) is 0 Å². The number of hydrogen-bond acceptors (Lipinski definition) is 2. The van der Waals surface area contributed by atoms with E-state index in [1.807, 2.05) is 0 Å². The first-order chi connectivity index (χ1) is 12.2. The van der Waals surface area contributed by atoms with Crippen LogP contribution in [0.2, 0.25) is 0 Å². The molecular formula is C24H48O2. The van der Waals surface area contributed by atoms with Crippen molar-refractivity contribution in [2.24, 2.45) is 17.3 Å². The number of ether oxygens (including phenoxy) is 1. The molecule has 1 atom stereocenters. The Hall–Kier alpha value is -0.530. The fourth-order valence-electron chi connectivity index (χ4n) is 3.72. The molecule has 0 aromatic rings. The summed E-state index contributed by atoms with van der Waals surface area (Å²) < 4.78 is 5.39. The molecule has 0 fully saturated rings. The first kappa shape index (κ1) is 25.5. The van der Waals surface area contributed by atoms with Gasteiger partial charge in [-0.25, -0.2) is 0 Å². The van der Waals surface area contributed by atoms with Crippen molar-refractivity contribution in [3.63, 3.8) is 0 Å². The van der Waals surface area contributed by atoms with Crippen molar-refractivity contribution < 1.29 is 9.53 Å². The van der Waals surface area contributed by atoms with Crippen LogP contribution in [0.15, 0.2) is 0 Å². The van der Waals surface area contributed by atoms with Crippen LogP contribution in [0.3, 0.4) is 0 Å². The van der Waals surface area contributed by atoms with Gasteiger partial charge in [0, 0.05) is 6.42 Å². The summed E-state index contributed by atoms with van der Waals surface area (Å²) in [4.78, 5) is 11.8. The SMILES string of the molecule is CC(C)CCCCCCCCCCCCOC(=O)CC(C)CC(C)(C)C. The first-order valence-electron chi connectivity index (χ1n) is 11.4. The lowest BCUT2D eigenvalue weighted by atomic mass is 9.84. The van der Waals surface area contributed by atoms with Gasteiger partial charge in [-0.1, -0.05) is 106 Å². The van der Waals surface area contributed by atoms with Crippen LogP contribution < -0.4 is 0 Å². The fraction of sp³-hybridized carbons (Fsp3) is 0.958. The third kappa shape index (κ3) is 19.8. The van der Waals surface area contributed by atoms with Gasteiger partial charge in [0.2, 0.25) is 0 Å². The molecule has 0 aliphatic heterocycles. The topological polar surface area (TPSA) is 26.3 Å². The highest BCUT2D eigenvalue weighted by molar-refractivity contribution is 5.69. The number of rotatable bonds is 16. The molecule has 2 nitrogen and oxygen atoms in total. The van der Waals surface area contributed by atoms with Gasteiger partial charge in [0.1, 0.15) is 0 Å². The van der Waals surface area contributed by atoms with Gasteiger partial charge in [-0.2, -0.15) is 0 Å². The second kappa shape index (κ2) is 15.5. The van der Waals surface area contributed by atoms with Crippen molar-refractivity contribution in [2.75, 3.05) is 6.61 Å². The number of carbonyl (C=O) groups is 1. The van der Waals surface area contributed by atoms with Gasteiger partial charge < -0.3 is 4.74 Å². The second-order valence-electron chi connectivity index (χ2n) is 10.0. The minimum absolute atomic E-state index is 0.0146. The average Bonchev–Trinajstić information content (AvgIpc) is 2.49. The van der Waals surface area contributed by atoms with Gasteiger partial charge in [0.15, 0.2) is 0 Å². The molecule has 2 heteroatoms. The van der Waals surface area contributed by atoms with E-state index in [0.29, 0.717) is 18.9 Å². The van der Waals surface area contributed by atoms with Crippen molar-refractivity contribution in [3.8, 4) is 0 Å². The summed E-state index contributed by atoms with van der Waals surface area (Å²) in [6.45, 7) is 14.1. The van der Waals surface area contributed by atoms with Crippen molar-refractivity contribution in [1.29, 1.82) is 0 Å². The van der Waals surface area contributed by atoms with E-state index in [9.17, 15) is 4.79 Å². The Morgan fingerprint density at radius 1 is 0.769 bits per heavy atom. The molecular weight excluding hydrogens is 320 g/mol. The van der Waals surface area contributed by atoms with Crippen molar-refractivity contribution >= 4 is 5.97 Å². The molecule has 0 bridgehead atoms. The summed E-state index contributed by atoms with van der Waals surface area (Å²) >= 11 is 0. The first-order valence-corrected chi connectivity index (χ1v) is 11.4. The van der Waals surface area contributed by atoms with Crippen LogP contribution >= 0.6 is 0 Å². The summed E-state index contributed by atoms with van der Waals surface area (Å²) in [7, 11) is 0. The highest BCUT2D eigenvalue weighted by Gasteiger charge is 2.18. The van der Waals surface area contributed by atoms with E-state index in [-0.39, 0.29) is 11.4 Å². The molecule has 0 aliphatic rings. The normalized spacial score (nSPS) is 13.2. The Labute approximate surface area is 164 Å². The minimum Gasteiger partial charge on any atom is -0.466 e. The van der Waals surface area contributed by atoms with Crippen LogP contribution in [-0.2, 0) is 9.53 Å². The molecule has 1 unspecified atom stereocenters. The molecule has 0 aliphatic carbocycles. The molecule has 0 aromatic heterocycles. The smallest absolute Gasteiger partial charge is 0.306 e. The zero-order valence-corrected chi connectivity index (χ0v) is 18.9. The molecule has 0 aromatic carbocycles. The van der Waals surface area contributed by atoms with E-state index in [1.54, 1.807) is 0 Å². The van der Waals surface area contributed by atoms with E-state index < -0.39 is 0 Å². The van der Waals surface area contributed by atoms with Crippen molar-refractivity contribution in [3.05, 3.63) is 0 Å². The molecule has 0 saturated heterocycles. The summed E-state index contributed by atoms with van der Waals surface area (Å²) in [6.07, 6.45) is 16.3. The van der Waals surface area contributed by atoms with Crippen molar-refractivity contribution in [2.45, 2.75) is 125 Å². The fourth-order valence-corrected chi connectivity index (χ4v) is 3.72. The van der Waals surface area contributed by atoms with E-state index in [2.05, 4.69) is 41.5 Å². The monoisotopic (exact) mass is 368 g/mol. The molecule has 0 rings (SSSR count). The minimum atomic E-state index is -0.0146. The summed E-state index contributed by atoms with van der Waals surface area (Å²) in [5, 5.41) is 0. The maximum Gasteiger partial charge on any atom is 0.306 e. The van der Waals surface area contributed by atoms with Crippen LogP contribution in [0.4, 0.5) is 0 Å². The van der Waals surface area contributed by atoms with Crippen LogP contribution in [0.5, 0.6) is 0 Å². The number of unbranched alkanes of at least 4 members (excludes halogenated alkanes) is 9. The number of carbonyl (C=O) groups excluding carboxylic acids is 1. The maximum atomic E-state index is 11.8. The Balaban J connectivity index is 3.32. The van der Waals surface area contributed by atoms with Gasteiger partial charge >= 0.3 is 5.97 Å². The van der Waals surface area contributed by atoms with E-state index in [4.69, 9.17) is 4.74 Å². The van der Waals surface area contributed by atoms with Gasteiger partial charge in [-0.3, -0.25) is 4.79 Å². The quantitative estimate of drug-likeness (QED) is 0.204. The number of hydrogen-bond donors (Lipinski definition) is 0. The molecule has 0 amide bonds. The molecule has 0 spiro atoms. The van der Waals surface area contributed by atoms with Gasteiger partial charge in [0.05, 0.1) is 6.61 Å². The molecule has 156 valence electrons. The molecule has 0 heterocycles. The predicted molar refractivity (Wildman–Crippen MR) is 114 cm³/mol. The lowest BCUT2D eigenvalue weighted by Crippen LogP contribution is -2.16. The summed E-state index contributed by atoms with van der Waals surface area (Å²) in [5.41, 5.74) is 0.285. The molecule has 0 radical (unpaired) electrons. The summed E-state index contributed by atoms with van der Waals surface area (Å²) in [6, 6.07) is 0. The highest BCUT2D eigenvalue weighted by Crippen LogP contribution is 2.26. The van der Waals surface area contributed by atoms with Gasteiger partial charge in [-0.05, 0) is 30.1 Å².